The molecule has 2 aliphatic carbocycles. The van der Waals surface area contributed by atoms with Crippen molar-refractivity contribution >= 4 is 22.8 Å². The normalized spacial score (nSPS) is 28.1. The lowest BCUT2D eigenvalue weighted by Gasteiger charge is -2.28. The van der Waals surface area contributed by atoms with Crippen LogP contribution in [0, 0.1) is 0 Å². The number of amides is 1. The smallest absolute Gasteiger partial charge is 0.251 e. The number of hydrogen-bond donors (Lipinski definition) is 4. The highest BCUT2D eigenvalue weighted by atomic mass is 16.3. The van der Waals surface area contributed by atoms with Crippen LogP contribution >= 0.6 is 0 Å². The molecule has 2 atom stereocenters. The van der Waals surface area contributed by atoms with E-state index in [1.165, 1.54) is 0 Å². The third-order valence-corrected chi connectivity index (χ3v) is 5.92. The highest BCUT2D eigenvalue weighted by Gasteiger charge is 2.25. The SMILES string of the molecule is O=C(NC1CCCCC1O)c1ccc2cnc(N[C@H]3CC[C@H](O)CC3)nc2c1. The Morgan fingerprint density at radius 1 is 1.04 bits per heavy atom. The maximum atomic E-state index is 12.6. The van der Waals surface area contributed by atoms with Gasteiger partial charge in [-0.05, 0) is 50.7 Å². The molecule has 7 heteroatoms. The van der Waals surface area contributed by atoms with Crippen LogP contribution in [0.4, 0.5) is 5.95 Å². The Morgan fingerprint density at radius 2 is 1.82 bits per heavy atom. The second-order valence-electron chi connectivity index (χ2n) is 8.05. The summed E-state index contributed by atoms with van der Waals surface area (Å²) in [6.07, 6.45) is 8.07. The van der Waals surface area contributed by atoms with Crippen molar-refractivity contribution in [2.24, 2.45) is 0 Å². The number of aromatic nitrogens is 2. The first-order valence-corrected chi connectivity index (χ1v) is 10.3. The first kappa shape index (κ1) is 19.1. The van der Waals surface area contributed by atoms with E-state index in [9.17, 15) is 15.0 Å². The van der Waals surface area contributed by atoms with Crippen LogP contribution < -0.4 is 10.6 Å². The predicted molar refractivity (Wildman–Crippen MR) is 107 cm³/mol. The van der Waals surface area contributed by atoms with E-state index in [2.05, 4.69) is 20.6 Å². The summed E-state index contributed by atoms with van der Waals surface area (Å²) in [6.45, 7) is 0. The van der Waals surface area contributed by atoms with Crippen LogP contribution in [0.3, 0.4) is 0 Å². The molecule has 150 valence electrons. The van der Waals surface area contributed by atoms with Gasteiger partial charge in [0, 0.05) is 23.2 Å². The van der Waals surface area contributed by atoms with E-state index in [0.717, 1.165) is 56.8 Å². The standard InChI is InChI=1S/C21H28N4O3/c26-16-9-7-15(8-10-16)23-21-22-12-14-6-5-13(11-18(14)25-21)20(28)24-17-3-1-2-4-19(17)27/h5-6,11-12,15-17,19,26-27H,1-4,7-10H2,(H,24,28)(H,22,23,25)/t15-,16-,17?,19?. The van der Waals surface area contributed by atoms with Crippen LogP contribution in [0.15, 0.2) is 24.4 Å². The molecule has 0 bridgehead atoms. The maximum Gasteiger partial charge on any atom is 0.251 e. The predicted octanol–water partition coefficient (Wildman–Crippen LogP) is 2.38. The van der Waals surface area contributed by atoms with Crippen LogP contribution in [0.1, 0.15) is 61.7 Å². The summed E-state index contributed by atoms with van der Waals surface area (Å²) in [5, 5.41) is 26.9. The number of benzene rings is 1. The van der Waals surface area contributed by atoms with Crippen molar-refractivity contribution in [1.29, 1.82) is 0 Å². The van der Waals surface area contributed by atoms with Gasteiger partial charge >= 0.3 is 0 Å². The van der Waals surface area contributed by atoms with Crippen LogP contribution in [0.2, 0.25) is 0 Å². The van der Waals surface area contributed by atoms with Gasteiger partial charge < -0.3 is 20.8 Å². The summed E-state index contributed by atoms with van der Waals surface area (Å²) in [5.74, 6) is 0.372. The van der Waals surface area contributed by atoms with Crippen molar-refractivity contribution in [1.82, 2.24) is 15.3 Å². The molecule has 2 aliphatic rings. The van der Waals surface area contributed by atoms with E-state index in [-0.39, 0.29) is 24.1 Å². The topological polar surface area (TPSA) is 107 Å². The Hall–Kier alpha value is -2.25. The first-order chi connectivity index (χ1) is 13.6. The fourth-order valence-corrected chi connectivity index (χ4v) is 4.17. The van der Waals surface area contributed by atoms with Crippen molar-refractivity contribution < 1.29 is 15.0 Å². The number of aliphatic hydroxyl groups excluding tert-OH is 2. The molecule has 2 aromatic rings. The highest BCUT2D eigenvalue weighted by molar-refractivity contribution is 5.98. The molecule has 2 unspecified atom stereocenters. The molecule has 0 radical (unpaired) electrons. The van der Waals surface area contributed by atoms with Gasteiger partial charge in [0.15, 0.2) is 0 Å². The van der Waals surface area contributed by atoms with E-state index in [1.54, 1.807) is 18.3 Å². The number of aliphatic hydroxyl groups is 2. The van der Waals surface area contributed by atoms with Crippen LogP contribution in [-0.4, -0.2) is 50.4 Å². The zero-order chi connectivity index (χ0) is 19.5. The third kappa shape index (κ3) is 4.42. The molecule has 4 N–H and O–H groups in total. The molecule has 2 fully saturated rings. The number of nitrogens with one attached hydrogen (secondary N) is 2. The zero-order valence-corrected chi connectivity index (χ0v) is 16.0. The second kappa shape index (κ2) is 8.41. The number of carbonyl (C=O) groups excluding carboxylic acids is 1. The van der Waals surface area contributed by atoms with E-state index >= 15 is 0 Å². The molecule has 1 heterocycles. The molecule has 4 rings (SSSR count). The lowest BCUT2D eigenvalue weighted by atomic mass is 9.92. The summed E-state index contributed by atoms with van der Waals surface area (Å²) in [6, 6.07) is 5.48. The van der Waals surface area contributed by atoms with Crippen LogP contribution in [-0.2, 0) is 0 Å². The van der Waals surface area contributed by atoms with Gasteiger partial charge in [-0.1, -0.05) is 18.9 Å². The van der Waals surface area contributed by atoms with Crippen molar-refractivity contribution in [2.45, 2.75) is 75.7 Å². The number of rotatable bonds is 4. The molecule has 2 saturated carbocycles. The molecule has 0 saturated heterocycles. The molecule has 1 aromatic carbocycles. The van der Waals surface area contributed by atoms with Crippen molar-refractivity contribution in [3.63, 3.8) is 0 Å². The average molecular weight is 384 g/mol. The average Bonchev–Trinajstić information content (AvgIpc) is 2.71. The van der Waals surface area contributed by atoms with Gasteiger partial charge in [-0.15, -0.1) is 0 Å². The molecule has 0 spiro atoms. The Morgan fingerprint density at radius 3 is 2.61 bits per heavy atom. The molecule has 1 amide bonds. The number of carbonyl (C=O) groups is 1. The first-order valence-electron chi connectivity index (χ1n) is 10.3. The monoisotopic (exact) mass is 384 g/mol. The van der Waals surface area contributed by atoms with Gasteiger partial charge in [0.1, 0.15) is 0 Å². The van der Waals surface area contributed by atoms with Gasteiger partial charge in [-0.25, -0.2) is 9.97 Å². The minimum atomic E-state index is -0.467. The summed E-state index contributed by atoms with van der Waals surface area (Å²) in [4.78, 5) is 21.6. The Bertz CT molecular complexity index is 836. The minimum Gasteiger partial charge on any atom is -0.393 e. The van der Waals surface area contributed by atoms with Crippen LogP contribution in [0.5, 0.6) is 0 Å². The maximum absolute atomic E-state index is 12.6. The number of fused-ring (bicyclic) bond motifs is 1. The zero-order valence-electron chi connectivity index (χ0n) is 16.0. The lowest BCUT2D eigenvalue weighted by Crippen LogP contribution is -2.45. The third-order valence-electron chi connectivity index (χ3n) is 5.92. The summed E-state index contributed by atoms with van der Waals surface area (Å²) < 4.78 is 0. The number of nitrogens with zero attached hydrogens (tertiary/aromatic N) is 2. The Labute approximate surface area is 164 Å². The lowest BCUT2D eigenvalue weighted by molar-refractivity contribution is 0.0717. The van der Waals surface area contributed by atoms with Gasteiger partial charge in [-0.2, -0.15) is 0 Å². The number of hydrogen-bond acceptors (Lipinski definition) is 6. The largest absolute Gasteiger partial charge is 0.393 e. The minimum absolute atomic E-state index is 0.178. The molecular formula is C21H28N4O3. The second-order valence-corrected chi connectivity index (χ2v) is 8.05. The van der Waals surface area contributed by atoms with Gasteiger partial charge in [0.05, 0.1) is 23.8 Å². The Balaban J connectivity index is 1.47. The van der Waals surface area contributed by atoms with Crippen molar-refractivity contribution in [3.8, 4) is 0 Å². The quantitative estimate of drug-likeness (QED) is 0.645. The number of anilines is 1. The molecule has 28 heavy (non-hydrogen) atoms. The van der Waals surface area contributed by atoms with Gasteiger partial charge in [0.25, 0.3) is 5.91 Å². The summed E-state index contributed by atoms with van der Waals surface area (Å²) >= 11 is 0. The van der Waals surface area contributed by atoms with E-state index in [4.69, 9.17) is 0 Å². The van der Waals surface area contributed by atoms with E-state index in [0.29, 0.717) is 17.0 Å². The van der Waals surface area contributed by atoms with Gasteiger partial charge in [0.2, 0.25) is 5.95 Å². The van der Waals surface area contributed by atoms with Gasteiger partial charge in [-0.3, -0.25) is 4.79 Å². The fourth-order valence-electron chi connectivity index (χ4n) is 4.17. The van der Waals surface area contributed by atoms with Crippen molar-refractivity contribution in [2.75, 3.05) is 5.32 Å². The van der Waals surface area contributed by atoms with Crippen LogP contribution in [0.25, 0.3) is 10.9 Å². The highest BCUT2D eigenvalue weighted by Crippen LogP contribution is 2.23. The summed E-state index contributed by atoms with van der Waals surface area (Å²) in [5.41, 5.74) is 1.25. The van der Waals surface area contributed by atoms with E-state index < -0.39 is 6.10 Å². The van der Waals surface area contributed by atoms with Crippen molar-refractivity contribution in [3.05, 3.63) is 30.0 Å². The molecular weight excluding hydrogens is 356 g/mol. The van der Waals surface area contributed by atoms with E-state index in [1.807, 2.05) is 6.07 Å². The Kier molecular flexibility index (Phi) is 5.73. The molecule has 7 nitrogen and oxygen atoms in total. The molecule has 1 aromatic heterocycles. The summed E-state index contributed by atoms with van der Waals surface area (Å²) in [7, 11) is 0. The molecule has 0 aliphatic heterocycles. The fraction of sp³-hybridized carbons (Fsp3) is 0.571.